The third-order valence-electron chi connectivity index (χ3n) is 14.5. The van der Waals surface area contributed by atoms with Crippen LogP contribution in [0.4, 0.5) is 0 Å². The molecule has 4 aromatic heterocycles. The van der Waals surface area contributed by atoms with Gasteiger partial charge in [-0.15, -0.1) is 0 Å². The molecule has 14 heteroatoms. The molecule has 2 atom stereocenters. The van der Waals surface area contributed by atoms with E-state index in [9.17, 15) is 19.8 Å². The molecule has 0 spiro atoms. The number of aryl methyl sites for hydroxylation is 2. The highest BCUT2D eigenvalue weighted by molar-refractivity contribution is 6.00. The lowest BCUT2D eigenvalue weighted by Gasteiger charge is -2.24. The Labute approximate surface area is 457 Å². The van der Waals surface area contributed by atoms with Crippen molar-refractivity contribution >= 4 is 39.7 Å². The maximum absolute atomic E-state index is 13.8. The maximum Gasteiger partial charge on any atom is 0.253 e. The average Bonchev–Trinajstić information content (AvgIpc) is 4.29. The highest BCUT2D eigenvalue weighted by atomic mass is 16.5. The Morgan fingerprint density at radius 2 is 1.08 bits per heavy atom. The lowest BCUT2D eigenvalue weighted by Crippen LogP contribution is -2.39. The first-order chi connectivity index (χ1) is 37.6. The van der Waals surface area contributed by atoms with Crippen molar-refractivity contribution in [3.63, 3.8) is 0 Å². The Balaban J connectivity index is 0.000000190. The van der Waals surface area contributed by atoms with E-state index in [2.05, 4.69) is 67.9 Å². The maximum atomic E-state index is 13.8. The number of hydrogen-bond donors (Lipinski definition) is 6. The lowest BCUT2D eigenvalue weighted by atomic mass is 9.97. The SMILES string of the molecule is COc1cc2c(cc1OC(C)C)-c1cc(C(=O)NC(CO)Cc3c[nH]c4ccccc34)c(C=C(C)C)n1CC2.COc1cc2c(cc1OC(C)C)-c1cc(C(=O)NC(CO)Cc3c[nH]c4ccccc34)c(CC(C)C)n1CC2. The molecule has 6 N–H and O–H groups in total. The number of para-hydroxylation sites is 2. The minimum Gasteiger partial charge on any atom is -0.493 e. The van der Waals surface area contributed by atoms with E-state index in [4.69, 9.17) is 18.9 Å². The molecule has 410 valence electrons. The number of amides is 2. The van der Waals surface area contributed by atoms with Crippen LogP contribution in [0.3, 0.4) is 0 Å². The van der Waals surface area contributed by atoms with Crippen LogP contribution in [-0.2, 0) is 45.2 Å². The molecule has 0 bridgehead atoms. The zero-order chi connectivity index (χ0) is 55.4. The third kappa shape index (κ3) is 11.8. The number of nitrogens with zero attached hydrogens (tertiary/aromatic N) is 2. The molecule has 8 aromatic rings. The van der Waals surface area contributed by atoms with Crippen molar-refractivity contribution in [1.82, 2.24) is 29.7 Å². The Hall–Kier alpha value is -7.68. The zero-order valence-electron chi connectivity index (χ0n) is 46.8. The minimum atomic E-state index is -0.421. The first kappa shape index (κ1) is 55.1. The second-order valence-electron chi connectivity index (χ2n) is 21.8. The summed E-state index contributed by atoms with van der Waals surface area (Å²) in [5.41, 5.74) is 15.0. The van der Waals surface area contributed by atoms with Crippen molar-refractivity contribution in [2.45, 2.75) is 125 Å². The van der Waals surface area contributed by atoms with E-state index < -0.39 is 12.1 Å². The molecule has 0 radical (unpaired) electrons. The molecule has 10 rings (SSSR count). The number of carbonyl (C=O) groups is 2. The molecule has 2 aliphatic heterocycles. The van der Waals surface area contributed by atoms with E-state index in [1.54, 1.807) is 14.2 Å². The molecular weight excluding hydrogens is 981 g/mol. The van der Waals surface area contributed by atoms with Crippen LogP contribution in [0.1, 0.15) is 110 Å². The van der Waals surface area contributed by atoms with Gasteiger partial charge in [0.1, 0.15) is 0 Å². The summed E-state index contributed by atoms with van der Waals surface area (Å²) in [5.74, 6) is 2.87. The molecule has 78 heavy (non-hydrogen) atoms. The largest absolute Gasteiger partial charge is 0.493 e. The predicted octanol–water partition coefficient (Wildman–Crippen LogP) is 11.3. The fraction of sp³-hybridized carbons (Fsp3) is 0.375. The Bertz CT molecular complexity index is 3470. The molecule has 0 saturated carbocycles. The van der Waals surface area contributed by atoms with Crippen molar-refractivity contribution in [1.29, 1.82) is 0 Å². The normalized spacial score (nSPS) is 13.3. The Morgan fingerprint density at radius 1 is 0.615 bits per heavy atom. The topological polar surface area (TPSA) is 177 Å². The lowest BCUT2D eigenvalue weighted by molar-refractivity contribution is 0.0908. The van der Waals surface area contributed by atoms with Gasteiger partial charge in [0.2, 0.25) is 0 Å². The smallest absolute Gasteiger partial charge is 0.253 e. The van der Waals surface area contributed by atoms with Crippen molar-refractivity contribution in [2.24, 2.45) is 5.92 Å². The quantitative estimate of drug-likeness (QED) is 0.0463. The van der Waals surface area contributed by atoms with Crippen molar-refractivity contribution in [3.05, 3.63) is 148 Å². The second kappa shape index (κ2) is 23.9. The van der Waals surface area contributed by atoms with Gasteiger partial charge in [-0.2, -0.15) is 0 Å². The molecular formula is C64H76N6O8. The standard InChI is InChI=1S/C32H39N3O4.C32H37N3O4/c2*1-19(2)12-28-26(32(37)34-23(18-36)13-22-17-33-27-9-7-6-8-24(22)27)15-29-25-16-31(39-20(3)4)30(38-5)14-21(25)10-11-35(28)29/h6-9,14-17,19-20,23,33,36H,10-13,18H2,1-5H3,(H,34,37);6-9,12,14-17,20,23,33,36H,10-11,13,18H2,1-5H3,(H,34,37). The highest BCUT2D eigenvalue weighted by Gasteiger charge is 2.30. The van der Waals surface area contributed by atoms with Crippen LogP contribution >= 0.6 is 0 Å². The van der Waals surface area contributed by atoms with Gasteiger partial charge in [0, 0.05) is 75.5 Å². The van der Waals surface area contributed by atoms with E-state index in [0.29, 0.717) is 47.1 Å². The molecule has 2 unspecified atom stereocenters. The van der Waals surface area contributed by atoms with E-state index in [1.807, 2.05) is 121 Å². The number of allylic oxidation sites excluding steroid dienone is 1. The van der Waals surface area contributed by atoms with Crippen LogP contribution in [-0.4, -0.2) is 92.9 Å². The summed E-state index contributed by atoms with van der Waals surface area (Å²) in [6.07, 6.45) is 9.51. The molecule has 6 heterocycles. The van der Waals surface area contributed by atoms with E-state index in [-0.39, 0.29) is 37.2 Å². The van der Waals surface area contributed by atoms with Gasteiger partial charge in [0.05, 0.1) is 68.5 Å². The fourth-order valence-electron chi connectivity index (χ4n) is 11.1. The third-order valence-corrected chi connectivity index (χ3v) is 14.5. The van der Waals surface area contributed by atoms with E-state index in [1.165, 1.54) is 5.56 Å². The minimum absolute atomic E-state index is 0.00228. The highest BCUT2D eigenvalue weighted by Crippen LogP contribution is 2.43. The summed E-state index contributed by atoms with van der Waals surface area (Å²) >= 11 is 0. The molecule has 14 nitrogen and oxygen atoms in total. The zero-order valence-corrected chi connectivity index (χ0v) is 46.8. The molecule has 2 aliphatic rings. The number of methoxy groups -OCH3 is 2. The molecule has 0 saturated heterocycles. The fourth-order valence-corrected chi connectivity index (χ4v) is 11.1. The van der Waals surface area contributed by atoms with Gasteiger partial charge in [-0.3, -0.25) is 9.59 Å². The monoisotopic (exact) mass is 1060 g/mol. The molecule has 2 amide bonds. The number of rotatable bonds is 19. The number of H-pyrrole nitrogens is 2. The number of nitrogens with one attached hydrogen (secondary N) is 4. The molecule has 0 aliphatic carbocycles. The van der Waals surface area contributed by atoms with Gasteiger partial charge in [0.15, 0.2) is 23.0 Å². The Morgan fingerprint density at radius 3 is 1.54 bits per heavy atom. The average molecular weight is 1060 g/mol. The van der Waals surface area contributed by atoms with Gasteiger partial charge in [0.25, 0.3) is 11.8 Å². The van der Waals surface area contributed by atoms with Gasteiger partial charge in [-0.25, -0.2) is 0 Å². The van der Waals surface area contributed by atoms with Crippen LogP contribution in [0.15, 0.2) is 103 Å². The van der Waals surface area contributed by atoms with Gasteiger partial charge < -0.3 is 58.9 Å². The summed E-state index contributed by atoms with van der Waals surface area (Å²) < 4.78 is 27.9. The van der Waals surface area contributed by atoms with E-state index in [0.717, 1.165) is 116 Å². The summed E-state index contributed by atoms with van der Waals surface area (Å²) in [6, 6.07) is 27.5. The molecule has 4 aromatic carbocycles. The number of fused-ring (bicyclic) bond motifs is 8. The number of aromatic amines is 2. The van der Waals surface area contributed by atoms with E-state index >= 15 is 0 Å². The van der Waals surface area contributed by atoms with Gasteiger partial charge >= 0.3 is 0 Å². The number of aromatic nitrogens is 4. The summed E-state index contributed by atoms with van der Waals surface area (Å²) in [7, 11) is 3.32. The number of benzene rings is 4. The van der Waals surface area contributed by atoms with Gasteiger partial charge in [-0.05, 0) is 156 Å². The van der Waals surface area contributed by atoms with Crippen LogP contribution < -0.4 is 29.6 Å². The number of ether oxygens (including phenoxy) is 4. The van der Waals surface area contributed by atoms with Crippen LogP contribution in [0.5, 0.6) is 23.0 Å². The van der Waals surface area contributed by atoms with Crippen LogP contribution in [0.2, 0.25) is 0 Å². The Kier molecular flexibility index (Phi) is 16.9. The number of hydrogen-bond acceptors (Lipinski definition) is 8. The van der Waals surface area contributed by atoms with Gasteiger partial charge in [-0.1, -0.05) is 55.8 Å². The van der Waals surface area contributed by atoms with Crippen molar-refractivity contribution < 1.29 is 38.7 Å². The number of aliphatic hydroxyl groups excluding tert-OH is 2. The summed E-state index contributed by atoms with van der Waals surface area (Å²) in [5, 5.41) is 28.8. The molecule has 0 fully saturated rings. The second-order valence-corrected chi connectivity index (χ2v) is 21.8. The number of carbonyl (C=O) groups excluding carboxylic acids is 2. The number of aliphatic hydroxyl groups is 2. The summed E-state index contributed by atoms with van der Waals surface area (Å²) in [4.78, 5) is 34.1. The van der Waals surface area contributed by atoms with Crippen molar-refractivity contribution in [3.8, 4) is 45.5 Å². The first-order valence-electron chi connectivity index (χ1n) is 27.4. The van der Waals surface area contributed by atoms with Crippen molar-refractivity contribution in [2.75, 3.05) is 27.4 Å². The predicted molar refractivity (Wildman–Crippen MR) is 310 cm³/mol. The summed E-state index contributed by atoms with van der Waals surface area (Å²) in [6.45, 7) is 17.6. The van der Waals surface area contributed by atoms with Crippen LogP contribution in [0.25, 0.3) is 50.4 Å². The first-order valence-corrected chi connectivity index (χ1v) is 27.4. The van der Waals surface area contributed by atoms with Crippen LogP contribution in [0, 0.1) is 5.92 Å².